The van der Waals surface area contributed by atoms with Crippen LogP contribution in [-0.2, 0) is 6.42 Å². The third-order valence-electron chi connectivity index (χ3n) is 3.57. The molecule has 0 aliphatic carbocycles. The summed E-state index contributed by atoms with van der Waals surface area (Å²) in [5.74, 6) is 0. The van der Waals surface area contributed by atoms with E-state index >= 15 is 0 Å². The standard InChI is InChI=1S/C20H17/c1-2-16-12-14-18(15-13-16)20-11-7-6-10-19(20)17-8-4-3-5-9-17/h3-15H,1-2H2. The van der Waals surface area contributed by atoms with Crippen LogP contribution in [0.5, 0.6) is 0 Å². The van der Waals surface area contributed by atoms with Gasteiger partial charge in [0, 0.05) is 0 Å². The minimum Gasteiger partial charge on any atom is -0.0622 e. The van der Waals surface area contributed by atoms with Gasteiger partial charge in [0.2, 0.25) is 0 Å². The van der Waals surface area contributed by atoms with Crippen molar-refractivity contribution in [2.24, 2.45) is 0 Å². The molecule has 0 heterocycles. The van der Waals surface area contributed by atoms with Crippen molar-refractivity contribution in [2.45, 2.75) is 6.42 Å². The largest absolute Gasteiger partial charge is 0.0622 e. The van der Waals surface area contributed by atoms with Gasteiger partial charge in [0.15, 0.2) is 0 Å². The van der Waals surface area contributed by atoms with Crippen LogP contribution < -0.4 is 0 Å². The Hall–Kier alpha value is -2.34. The molecule has 3 aromatic carbocycles. The predicted octanol–water partition coefficient (Wildman–Crippen LogP) is 5.40. The fourth-order valence-electron chi connectivity index (χ4n) is 2.46. The molecule has 3 aromatic rings. The van der Waals surface area contributed by atoms with E-state index in [2.05, 4.69) is 85.8 Å². The molecule has 0 aromatic heterocycles. The van der Waals surface area contributed by atoms with Gasteiger partial charge in [0.25, 0.3) is 0 Å². The van der Waals surface area contributed by atoms with E-state index < -0.39 is 0 Å². The molecule has 0 nitrogen and oxygen atoms in total. The van der Waals surface area contributed by atoms with Crippen LogP contribution in [0.4, 0.5) is 0 Å². The van der Waals surface area contributed by atoms with E-state index in [1.807, 2.05) is 0 Å². The maximum Gasteiger partial charge on any atom is -0.0105 e. The molecule has 0 atom stereocenters. The van der Waals surface area contributed by atoms with E-state index in [-0.39, 0.29) is 0 Å². The van der Waals surface area contributed by atoms with Gasteiger partial charge >= 0.3 is 0 Å². The summed E-state index contributed by atoms with van der Waals surface area (Å²) in [7, 11) is 0. The Morgan fingerprint density at radius 1 is 0.550 bits per heavy atom. The Kier molecular flexibility index (Phi) is 3.64. The van der Waals surface area contributed by atoms with Crippen LogP contribution in [0.15, 0.2) is 78.9 Å². The highest BCUT2D eigenvalue weighted by molar-refractivity contribution is 5.83. The van der Waals surface area contributed by atoms with Crippen molar-refractivity contribution in [3.8, 4) is 22.3 Å². The molecule has 97 valence electrons. The predicted molar refractivity (Wildman–Crippen MR) is 86.4 cm³/mol. The molecule has 20 heavy (non-hydrogen) atoms. The van der Waals surface area contributed by atoms with E-state index in [0.29, 0.717) is 0 Å². The van der Waals surface area contributed by atoms with E-state index in [1.54, 1.807) is 0 Å². The normalized spacial score (nSPS) is 10.4. The van der Waals surface area contributed by atoms with Crippen molar-refractivity contribution >= 4 is 0 Å². The van der Waals surface area contributed by atoms with Gasteiger partial charge in [-0.05, 0) is 41.2 Å². The van der Waals surface area contributed by atoms with Gasteiger partial charge in [0.1, 0.15) is 0 Å². The number of hydrogen-bond acceptors (Lipinski definition) is 0. The Bertz CT molecular complexity index is 679. The smallest absolute Gasteiger partial charge is 0.0105 e. The summed E-state index contributed by atoms with van der Waals surface area (Å²) in [6.07, 6.45) is 0.834. The fourth-order valence-corrected chi connectivity index (χ4v) is 2.46. The lowest BCUT2D eigenvalue weighted by Crippen LogP contribution is -1.86. The Morgan fingerprint density at radius 3 is 1.60 bits per heavy atom. The van der Waals surface area contributed by atoms with Gasteiger partial charge in [-0.1, -0.05) is 78.9 Å². The van der Waals surface area contributed by atoms with Crippen molar-refractivity contribution in [1.82, 2.24) is 0 Å². The summed E-state index contributed by atoms with van der Waals surface area (Å²) >= 11 is 0. The molecule has 0 aliphatic heterocycles. The maximum atomic E-state index is 3.92. The molecule has 0 aliphatic rings. The zero-order valence-electron chi connectivity index (χ0n) is 11.4. The minimum atomic E-state index is 0.834. The third kappa shape index (κ3) is 2.50. The first kappa shape index (κ1) is 12.7. The van der Waals surface area contributed by atoms with Crippen LogP contribution in [0.2, 0.25) is 0 Å². The van der Waals surface area contributed by atoms with Gasteiger partial charge in [-0.15, -0.1) is 0 Å². The van der Waals surface area contributed by atoms with Gasteiger partial charge < -0.3 is 0 Å². The van der Waals surface area contributed by atoms with Crippen LogP contribution in [0.25, 0.3) is 22.3 Å². The molecular weight excluding hydrogens is 240 g/mol. The highest BCUT2D eigenvalue weighted by Gasteiger charge is 2.06. The molecular formula is C20H17. The fraction of sp³-hybridized carbons (Fsp3) is 0.0500. The molecule has 0 N–H and O–H groups in total. The van der Waals surface area contributed by atoms with Gasteiger partial charge in [-0.2, -0.15) is 0 Å². The second kappa shape index (κ2) is 5.75. The molecule has 0 unspecified atom stereocenters. The third-order valence-corrected chi connectivity index (χ3v) is 3.57. The van der Waals surface area contributed by atoms with E-state index in [1.165, 1.54) is 27.8 Å². The lowest BCUT2D eigenvalue weighted by Gasteiger charge is -2.10. The second-order valence-electron chi connectivity index (χ2n) is 4.86. The molecule has 0 fully saturated rings. The monoisotopic (exact) mass is 257 g/mol. The number of rotatable bonds is 3. The SMILES string of the molecule is [CH2]Cc1ccc(-c2ccccc2-c2ccccc2)cc1. The Labute approximate surface area is 120 Å². The zero-order chi connectivity index (χ0) is 13.8. The summed E-state index contributed by atoms with van der Waals surface area (Å²) < 4.78 is 0. The molecule has 1 radical (unpaired) electrons. The quantitative estimate of drug-likeness (QED) is 0.589. The Morgan fingerprint density at radius 2 is 1.05 bits per heavy atom. The van der Waals surface area contributed by atoms with Gasteiger partial charge in [-0.25, -0.2) is 0 Å². The first-order valence-corrected chi connectivity index (χ1v) is 6.91. The number of benzene rings is 3. The molecule has 0 amide bonds. The minimum absolute atomic E-state index is 0.834. The highest BCUT2D eigenvalue weighted by atomic mass is 14.1. The van der Waals surface area contributed by atoms with Crippen molar-refractivity contribution < 1.29 is 0 Å². The van der Waals surface area contributed by atoms with Crippen molar-refractivity contribution in [1.29, 1.82) is 0 Å². The van der Waals surface area contributed by atoms with Crippen LogP contribution in [-0.4, -0.2) is 0 Å². The van der Waals surface area contributed by atoms with Gasteiger partial charge in [-0.3, -0.25) is 0 Å². The maximum absolute atomic E-state index is 3.92. The van der Waals surface area contributed by atoms with Crippen LogP contribution in [0, 0.1) is 6.92 Å². The van der Waals surface area contributed by atoms with Gasteiger partial charge in [0.05, 0.1) is 0 Å². The molecule has 3 rings (SSSR count). The molecule has 0 spiro atoms. The van der Waals surface area contributed by atoms with Crippen molar-refractivity contribution in [3.05, 3.63) is 91.3 Å². The summed E-state index contributed by atoms with van der Waals surface area (Å²) in [4.78, 5) is 0. The average Bonchev–Trinajstić information content (AvgIpc) is 2.56. The first-order valence-electron chi connectivity index (χ1n) is 6.91. The van der Waals surface area contributed by atoms with Crippen LogP contribution in [0.3, 0.4) is 0 Å². The van der Waals surface area contributed by atoms with Crippen molar-refractivity contribution in [2.75, 3.05) is 0 Å². The lowest BCUT2D eigenvalue weighted by atomic mass is 9.94. The Balaban J connectivity index is 2.10. The molecule has 0 bridgehead atoms. The highest BCUT2D eigenvalue weighted by Crippen LogP contribution is 2.31. The van der Waals surface area contributed by atoms with Crippen LogP contribution in [0.1, 0.15) is 5.56 Å². The van der Waals surface area contributed by atoms with E-state index in [4.69, 9.17) is 0 Å². The van der Waals surface area contributed by atoms with E-state index in [0.717, 1.165) is 6.42 Å². The molecule has 0 heteroatoms. The van der Waals surface area contributed by atoms with E-state index in [9.17, 15) is 0 Å². The lowest BCUT2D eigenvalue weighted by molar-refractivity contribution is 1.27. The topological polar surface area (TPSA) is 0 Å². The number of hydrogen-bond donors (Lipinski definition) is 0. The van der Waals surface area contributed by atoms with Crippen molar-refractivity contribution in [3.63, 3.8) is 0 Å². The van der Waals surface area contributed by atoms with Crippen LogP contribution >= 0.6 is 0 Å². The zero-order valence-corrected chi connectivity index (χ0v) is 11.4. The first-order chi connectivity index (χ1) is 9.88. The summed E-state index contributed by atoms with van der Waals surface area (Å²) in [6, 6.07) is 27.8. The molecule has 0 saturated carbocycles. The summed E-state index contributed by atoms with van der Waals surface area (Å²) in [6.45, 7) is 3.92. The molecule has 0 saturated heterocycles. The second-order valence-corrected chi connectivity index (χ2v) is 4.86. The summed E-state index contributed by atoms with van der Waals surface area (Å²) in [5, 5.41) is 0. The average molecular weight is 257 g/mol. The summed E-state index contributed by atoms with van der Waals surface area (Å²) in [5.41, 5.74) is 6.32.